The van der Waals surface area contributed by atoms with Gasteiger partial charge in [-0.25, -0.2) is 4.39 Å². The van der Waals surface area contributed by atoms with E-state index in [0.717, 1.165) is 12.1 Å². The second-order valence-corrected chi connectivity index (χ2v) is 6.18. The second-order valence-electron chi connectivity index (χ2n) is 6.18. The van der Waals surface area contributed by atoms with E-state index in [1.54, 1.807) is 6.07 Å². The molecule has 2 N–H and O–H groups in total. The van der Waals surface area contributed by atoms with Crippen molar-refractivity contribution in [1.82, 2.24) is 5.32 Å². The standard InChI is InChI=1S/C16H26FNO/c1-12(2)13(10-19)9-18-11-16(3,4)14-7-5-6-8-15(14)17/h5-8,12-13,18-19H,9-11H2,1-4H3. The number of hydrogen-bond acceptors (Lipinski definition) is 2. The minimum Gasteiger partial charge on any atom is -0.396 e. The lowest BCUT2D eigenvalue weighted by Crippen LogP contribution is -2.38. The first-order chi connectivity index (χ1) is 8.88. The molecule has 0 radical (unpaired) electrons. The van der Waals surface area contributed by atoms with Crippen LogP contribution in [0.3, 0.4) is 0 Å². The first-order valence-corrected chi connectivity index (χ1v) is 6.95. The summed E-state index contributed by atoms with van der Waals surface area (Å²) in [6, 6.07) is 6.92. The van der Waals surface area contributed by atoms with E-state index in [4.69, 9.17) is 0 Å². The summed E-state index contributed by atoms with van der Waals surface area (Å²) in [6.07, 6.45) is 0. The Hall–Kier alpha value is -0.930. The highest BCUT2D eigenvalue weighted by molar-refractivity contribution is 5.25. The molecule has 1 aromatic rings. The highest BCUT2D eigenvalue weighted by Gasteiger charge is 2.24. The molecule has 0 aliphatic heterocycles. The van der Waals surface area contributed by atoms with Gasteiger partial charge < -0.3 is 10.4 Å². The van der Waals surface area contributed by atoms with Crippen molar-refractivity contribution >= 4 is 0 Å². The van der Waals surface area contributed by atoms with E-state index in [9.17, 15) is 9.50 Å². The molecular weight excluding hydrogens is 241 g/mol. The molecule has 3 heteroatoms. The SMILES string of the molecule is CC(C)C(CO)CNCC(C)(C)c1ccccc1F. The van der Waals surface area contributed by atoms with E-state index in [-0.39, 0.29) is 23.8 Å². The molecule has 2 nitrogen and oxygen atoms in total. The topological polar surface area (TPSA) is 32.3 Å². The summed E-state index contributed by atoms with van der Waals surface area (Å²) in [4.78, 5) is 0. The molecule has 0 aliphatic carbocycles. The predicted octanol–water partition coefficient (Wildman–Crippen LogP) is 2.96. The summed E-state index contributed by atoms with van der Waals surface area (Å²) in [5.41, 5.74) is 0.468. The van der Waals surface area contributed by atoms with E-state index in [1.807, 2.05) is 26.0 Å². The fraction of sp³-hybridized carbons (Fsp3) is 0.625. The van der Waals surface area contributed by atoms with E-state index in [1.165, 1.54) is 6.07 Å². The zero-order valence-corrected chi connectivity index (χ0v) is 12.4. The number of aliphatic hydroxyl groups excluding tert-OH is 1. The summed E-state index contributed by atoms with van der Waals surface area (Å²) in [5.74, 6) is 0.530. The highest BCUT2D eigenvalue weighted by Crippen LogP contribution is 2.24. The van der Waals surface area contributed by atoms with Gasteiger partial charge in [-0.1, -0.05) is 45.9 Å². The molecule has 1 atom stereocenters. The lowest BCUT2D eigenvalue weighted by molar-refractivity contribution is 0.184. The lowest BCUT2D eigenvalue weighted by atomic mass is 9.84. The van der Waals surface area contributed by atoms with Gasteiger partial charge in [-0.2, -0.15) is 0 Å². The molecule has 0 spiro atoms. The quantitative estimate of drug-likeness (QED) is 0.796. The van der Waals surface area contributed by atoms with Gasteiger partial charge in [0.1, 0.15) is 5.82 Å². The summed E-state index contributed by atoms with van der Waals surface area (Å²) >= 11 is 0. The highest BCUT2D eigenvalue weighted by atomic mass is 19.1. The van der Waals surface area contributed by atoms with E-state index >= 15 is 0 Å². The van der Waals surface area contributed by atoms with Crippen LogP contribution in [0, 0.1) is 17.7 Å². The Morgan fingerprint density at radius 3 is 2.42 bits per heavy atom. The lowest BCUT2D eigenvalue weighted by Gasteiger charge is -2.28. The van der Waals surface area contributed by atoms with E-state index in [2.05, 4.69) is 19.2 Å². The van der Waals surface area contributed by atoms with Crippen molar-refractivity contribution in [2.75, 3.05) is 19.7 Å². The van der Waals surface area contributed by atoms with Crippen LogP contribution in [0.5, 0.6) is 0 Å². The molecule has 0 saturated carbocycles. The van der Waals surface area contributed by atoms with E-state index < -0.39 is 0 Å². The third-order valence-electron chi connectivity index (χ3n) is 3.75. The predicted molar refractivity (Wildman–Crippen MR) is 77.7 cm³/mol. The van der Waals surface area contributed by atoms with Crippen molar-refractivity contribution in [3.63, 3.8) is 0 Å². The maximum absolute atomic E-state index is 13.8. The number of aliphatic hydroxyl groups is 1. The molecular formula is C16H26FNO. The molecule has 0 heterocycles. The third kappa shape index (κ3) is 4.59. The molecule has 1 unspecified atom stereocenters. The third-order valence-corrected chi connectivity index (χ3v) is 3.75. The van der Waals surface area contributed by atoms with Gasteiger partial charge >= 0.3 is 0 Å². The number of halogens is 1. The van der Waals surface area contributed by atoms with Gasteiger partial charge in [0, 0.05) is 25.1 Å². The summed E-state index contributed by atoms with van der Waals surface area (Å²) in [5, 5.41) is 12.6. The Kier molecular flexibility index (Phi) is 5.95. The zero-order valence-electron chi connectivity index (χ0n) is 12.4. The van der Waals surface area contributed by atoms with E-state index in [0.29, 0.717) is 12.5 Å². The minimum atomic E-state index is -0.262. The number of benzene rings is 1. The van der Waals surface area contributed by atoms with Crippen LogP contribution in [0.4, 0.5) is 4.39 Å². The van der Waals surface area contributed by atoms with Gasteiger partial charge in [-0.15, -0.1) is 0 Å². The minimum absolute atomic E-state index is 0.156. The van der Waals surface area contributed by atoms with Crippen LogP contribution >= 0.6 is 0 Å². The maximum atomic E-state index is 13.8. The molecule has 1 aromatic carbocycles. The first kappa shape index (κ1) is 16.1. The van der Waals surface area contributed by atoms with Crippen molar-refractivity contribution in [2.24, 2.45) is 11.8 Å². The summed E-state index contributed by atoms with van der Waals surface area (Å²) < 4.78 is 13.8. The van der Waals surface area contributed by atoms with Crippen LogP contribution < -0.4 is 5.32 Å². The molecule has 0 saturated heterocycles. The molecule has 108 valence electrons. The van der Waals surface area contributed by atoms with Crippen molar-refractivity contribution in [1.29, 1.82) is 0 Å². The van der Waals surface area contributed by atoms with Gasteiger partial charge in [0.2, 0.25) is 0 Å². The Labute approximate surface area is 116 Å². The van der Waals surface area contributed by atoms with Gasteiger partial charge in [0.05, 0.1) is 0 Å². The van der Waals surface area contributed by atoms with Gasteiger partial charge in [-0.3, -0.25) is 0 Å². The molecule has 0 fully saturated rings. The van der Waals surface area contributed by atoms with Gasteiger partial charge in [0.15, 0.2) is 0 Å². The van der Waals surface area contributed by atoms with Crippen molar-refractivity contribution in [2.45, 2.75) is 33.1 Å². The normalized spacial score (nSPS) is 13.8. The van der Waals surface area contributed by atoms with Gasteiger partial charge in [0.25, 0.3) is 0 Å². The second kappa shape index (κ2) is 7.01. The number of hydrogen-bond donors (Lipinski definition) is 2. The van der Waals surface area contributed by atoms with Crippen molar-refractivity contribution in [3.8, 4) is 0 Å². The molecule has 0 amide bonds. The summed E-state index contributed by atoms with van der Waals surface area (Å²) in [7, 11) is 0. The Balaban J connectivity index is 2.59. The number of rotatable bonds is 7. The van der Waals surface area contributed by atoms with Crippen LogP contribution in [0.25, 0.3) is 0 Å². The van der Waals surface area contributed by atoms with Crippen molar-refractivity contribution in [3.05, 3.63) is 35.6 Å². The average molecular weight is 267 g/mol. The monoisotopic (exact) mass is 267 g/mol. The Bertz CT molecular complexity index is 390. The van der Waals surface area contributed by atoms with Crippen molar-refractivity contribution < 1.29 is 9.50 Å². The fourth-order valence-corrected chi connectivity index (χ4v) is 2.19. The largest absolute Gasteiger partial charge is 0.396 e. The fourth-order valence-electron chi connectivity index (χ4n) is 2.19. The van der Waals surface area contributed by atoms with Crippen LogP contribution in [0.15, 0.2) is 24.3 Å². The molecule has 19 heavy (non-hydrogen) atoms. The van der Waals surface area contributed by atoms with Crippen LogP contribution in [0.1, 0.15) is 33.3 Å². The van der Waals surface area contributed by atoms with Gasteiger partial charge in [-0.05, 0) is 23.5 Å². The Morgan fingerprint density at radius 2 is 1.89 bits per heavy atom. The Morgan fingerprint density at radius 1 is 1.26 bits per heavy atom. The average Bonchev–Trinajstić information content (AvgIpc) is 2.34. The number of nitrogens with one attached hydrogen (secondary N) is 1. The van der Waals surface area contributed by atoms with Crippen LogP contribution in [-0.2, 0) is 5.41 Å². The van der Waals surface area contributed by atoms with Crippen LogP contribution in [-0.4, -0.2) is 24.8 Å². The molecule has 0 bridgehead atoms. The maximum Gasteiger partial charge on any atom is 0.126 e. The first-order valence-electron chi connectivity index (χ1n) is 6.95. The molecule has 0 aliphatic rings. The van der Waals surface area contributed by atoms with Crippen LogP contribution in [0.2, 0.25) is 0 Å². The molecule has 1 rings (SSSR count). The summed E-state index contributed by atoms with van der Waals surface area (Å²) in [6.45, 7) is 9.90. The smallest absolute Gasteiger partial charge is 0.126 e. The molecule has 0 aromatic heterocycles. The zero-order chi connectivity index (χ0) is 14.5.